The van der Waals surface area contributed by atoms with E-state index in [2.05, 4.69) is 37.7 Å². The monoisotopic (exact) mass is 210 g/mol. The van der Waals surface area contributed by atoms with Gasteiger partial charge in [0, 0.05) is 0 Å². The Bertz CT molecular complexity index is 235. The second kappa shape index (κ2) is 8.27. The second-order valence-corrected chi connectivity index (χ2v) is 4.04. The minimum Gasteiger partial charge on any atom is -0.469 e. The molecule has 0 aromatic rings. The Kier molecular flexibility index (Phi) is 7.69. The molecule has 0 fully saturated rings. The molecule has 0 aromatic carbocycles. The summed E-state index contributed by atoms with van der Waals surface area (Å²) in [5.74, 6) is 0.341. The molecule has 0 aliphatic rings. The van der Waals surface area contributed by atoms with Gasteiger partial charge < -0.3 is 4.74 Å². The maximum atomic E-state index is 10.8. The lowest BCUT2D eigenvalue weighted by Crippen LogP contribution is -1.97. The molecule has 0 aliphatic heterocycles. The van der Waals surface area contributed by atoms with E-state index < -0.39 is 0 Å². The highest BCUT2D eigenvalue weighted by atomic mass is 16.5. The molecule has 1 unspecified atom stereocenters. The quantitative estimate of drug-likeness (QED) is 0.495. The van der Waals surface area contributed by atoms with Gasteiger partial charge >= 0.3 is 5.97 Å². The summed E-state index contributed by atoms with van der Waals surface area (Å²) >= 11 is 0. The van der Waals surface area contributed by atoms with Crippen molar-refractivity contribution >= 4 is 5.97 Å². The van der Waals surface area contributed by atoms with Gasteiger partial charge in [-0.15, -0.1) is 0 Å². The highest BCUT2D eigenvalue weighted by Crippen LogP contribution is 2.09. The van der Waals surface area contributed by atoms with Crippen LogP contribution in [0.5, 0.6) is 0 Å². The van der Waals surface area contributed by atoms with E-state index in [1.54, 1.807) is 0 Å². The first kappa shape index (κ1) is 13.9. The summed E-state index contributed by atoms with van der Waals surface area (Å²) in [6.07, 6.45) is 8.82. The number of methoxy groups -OCH3 is 1. The van der Waals surface area contributed by atoms with E-state index in [1.807, 2.05) is 6.08 Å². The fraction of sp³-hybridized carbons (Fsp3) is 0.615. The lowest BCUT2D eigenvalue weighted by atomic mass is 10.0. The number of esters is 1. The van der Waals surface area contributed by atoms with Crippen LogP contribution >= 0.6 is 0 Å². The normalized spacial score (nSPS) is 12.5. The van der Waals surface area contributed by atoms with Crippen LogP contribution in [0.3, 0.4) is 0 Å². The van der Waals surface area contributed by atoms with Crippen LogP contribution in [0.25, 0.3) is 0 Å². The van der Waals surface area contributed by atoms with E-state index in [0.717, 1.165) is 12.8 Å². The molecule has 0 saturated heterocycles. The van der Waals surface area contributed by atoms with Crippen LogP contribution in [0.1, 0.15) is 40.0 Å². The topological polar surface area (TPSA) is 26.3 Å². The molecule has 0 amide bonds. The Hall–Kier alpha value is -1.05. The number of allylic oxidation sites excluding steroid dienone is 3. The molecule has 2 nitrogen and oxygen atoms in total. The molecule has 15 heavy (non-hydrogen) atoms. The molecular formula is C13H22O2. The van der Waals surface area contributed by atoms with Crippen LogP contribution < -0.4 is 0 Å². The lowest BCUT2D eigenvalue weighted by Gasteiger charge is -2.03. The molecule has 0 radical (unpaired) electrons. The second-order valence-electron chi connectivity index (χ2n) is 4.04. The standard InChI is InChI=1S/C13H22O2/c1-11(2)7-5-8-12(3)9-6-10-13(14)15-4/h6-7,9,12H,5,8,10H2,1-4H3/b9-6+. The van der Waals surface area contributed by atoms with Crippen molar-refractivity contribution < 1.29 is 9.53 Å². The molecule has 0 saturated carbocycles. The number of rotatable bonds is 6. The Morgan fingerprint density at radius 2 is 2.07 bits per heavy atom. The van der Waals surface area contributed by atoms with Crippen molar-refractivity contribution in [3.63, 3.8) is 0 Å². The van der Waals surface area contributed by atoms with Crippen molar-refractivity contribution in [3.8, 4) is 0 Å². The van der Waals surface area contributed by atoms with Gasteiger partial charge in [0.05, 0.1) is 13.5 Å². The van der Waals surface area contributed by atoms with Crippen LogP contribution in [0.4, 0.5) is 0 Å². The van der Waals surface area contributed by atoms with Gasteiger partial charge in [0.2, 0.25) is 0 Å². The minimum atomic E-state index is -0.178. The van der Waals surface area contributed by atoms with Crippen LogP contribution in [0.15, 0.2) is 23.8 Å². The van der Waals surface area contributed by atoms with Gasteiger partial charge in [-0.05, 0) is 32.6 Å². The van der Waals surface area contributed by atoms with E-state index in [9.17, 15) is 4.79 Å². The van der Waals surface area contributed by atoms with Gasteiger partial charge in [-0.1, -0.05) is 30.7 Å². The van der Waals surface area contributed by atoms with E-state index in [-0.39, 0.29) is 5.97 Å². The number of carbonyl (C=O) groups excluding carboxylic acids is 1. The Morgan fingerprint density at radius 1 is 1.40 bits per heavy atom. The maximum absolute atomic E-state index is 10.8. The molecule has 1 atom stereocenters. The van der Waals surface area contributed by atoms with Gasteiger partial charge in [-0.3, -0.25) is 4.79 Å². The zero-order chi connectivity index (χ0) is 11.7. The summed E-state index contributed by atoms with van der Waals surface area (Å²) in [6.45, 7) is 6.38. The fourth-order valence-corrected chi connectivity index (χ4v) is 1.21. The van der Waals surface area contributed by atoms with Crippen molar-refractivity contribution in [3.05, 3.63) is 23.8 Å². The molecule has 0 spiro atoms. The van der Waals surface area contributed by atoms with Gasteiger partial charge in [0.15, 0.2) is 0 Å². The number of hydrogen-bond donors (Lipinski definition) is 0. The molecular weight excluding hydrogens is 188 g/mol. The SMILES string of the molecule is COC(=O)C/C=C/C(C)CCC=C(C)C. The van der Waals surface area contributed by atoms with Crippen LogP contribution in [0, 0.1) is 5.92 Å². The van der Waals surface area contributed by atoms with E-state index in [0.29, 0.717) is 12.3 Å². The molecule has 86 valence electrons. The first-order chi connectivity index (χ1) is 7.06. The zero-order valence-corrected chi connectivity index (χ0v) is 10.2. The molecule has 2 heteroatoms. The first-order valence-corrected chi connectivity index (χ1v) is 5.43. The molecule has 0 rings (SSSR count). The summed E-state index contributed by atoms with van der Waals surface area (Å²) in [7, 11) is 1.41. The van der Waals surface area contributed by atoms with E-state index in [4.69, 9.17) is 0 Å². The highest BCUT2D eigenvalue weighted by Gasteiger charge is 1.97. The van der Waals surface area contributed by atoms with Gasteiger partial charge in [-0.25, -0.2) is 0 Å². The van der Waals surface area contributed by atoms with Crippen molar-refractivity contribution in [1.29, 1.82) is 0 Å². The third-order valence-electron chi connectivity index (χ3n) is 2.15. The van der Waals surface area contributed by atoms with Crippen molar-refractivity contribution in [2.45, 2.75) is 40.0 Å². The fourth-order valence-electron chi connectivity index (χ4n) is 1.21. The van der Waals surface area contributed by atoms with Crippen LogP contribution in [0.2, 0.25) is 0 Å². The summed E-state index contributed by atoms with van der Waals surface area (Å²) in [6, 6.07) is 0. The number of ether oxygens (including phenoxy) is 1. The van der Waals surface area contributed by atoms with Crippen LogP contribution in [-0.2, 0) is 9.53 Å². The van der Waals surface area contributed by atoms with Gasteiger partial charge in [0.1, 0.15) is 0 Å². The summed E-state index contributed by atoms with van der Waals surface area (Å²) in [4.78, 5) is 10.8. The molecule has 0 heterocycles. The molecule has 0 N–H and O–H groups in total. The minimum absolute atomic E-state index is 0.178. The molecule has 0 aromatic heterocycles. The van der Waals surface area contributed by atoms with E-state index >= 15 is 0 Å². The molecule has 0 aliphatic carbocycles. The molecule has 0 bridgehead atoms. The average molecular weight is 210 g/mol. The maximum Gasteiger partial charge on any atom is 0.309 e. The first-order valence-electron chi connectivity index (χ1n) is 5.43. The van der Waals surface area contributed by atoms with Gasteiger partial charge in [-0.2, -0.15) is 0 Å². The average Bonchev–Trinajstić information content (AvgIpc) is 2.17. The Labute approximate surface area is 93.0 Å². The van der Waals surface area contributed by atoms with Crippen LogP contribution in [-0.4, -0.2) is 13.1 Å². The summed E-state index contributed by atoms with van der Waals surface area (Å²) in [5, 5.41) is 0. The third-order valence-corrected chi connectivity index (χ3v) is 2.15. The summed E-state index contributed by atoms with van der Waals surface area (Å²) in [5.41, 5.74) is 1.36. The highest BCUT2D eigenvalue weighted by molar-refractivity contribution is 5.70. The smallest absolute Gasteiger partial charge is 0.309 e. The largest absolute Gasteiger partial charge is 0.469 e. The predicted octanol–water partition coefficient (Wildman–Crippen LogP) is 3.49. The van der Waals surface area contributed by atoms with Crippen molar-refractivity contribution in [2.75, 3.05) is 7.11 Å². The Morgan fingerprint density at radius 3 is 2.60 bits per heavy atom. The van der Waals surface area contributed by atoms with E-state index in [1.165, 1.54) is 12.7 Å². The van der Waals surface area contributed by atoms with Gasteiger partial charge in [0.25, 0.3) is 0 Å². The zero-order valence-electron chi connectivity index (χ0n) is 10.2. The predicted molar refractivity (Wildman–Crippen MR) is 63.6 cm³/mol. The third kappa shape index (κ3) is 9.26. The Balaban J connectivity index is 3.68. The van der Waals surface area contributed by atoms with Crippen molar-refractivity contribution in [1.82, 2.24) is 0 Å². The number of hydrogen-bond acceptors (Lipinski definition) is 2. The lowest BCUT2D eigenvalue weighted by molar-refractivity contribution is -0.139. The number of carbonyl (C=O) groups is 1. The summed E-state index contributed by atoms with van der Waals surface area (Å²) < 4.78 is 4.54. The van der Waals surface area contributed by atoms with Crippen molar-refractivity contribution in [2.24, 2.45) is 5.92 Å².